The topological polar surface area (TPSA) is 26.3 Å². The van der Waals surface area contributed by atoms with Crippen molar-refractivity contribution in [3.63, 3.8) is 0 Å². The molecule has 0 spiro atoms. The first-order chi connectivity index (χ1) is 22.5. The average Bonchev–Trinajstić information content (AvgIpc) is 2.95. The van der Waals surface area contributed by atoms with E-state index in [1.807, 2.05) is 0 Å². The number of hydrogen-bond donors (Lipinski definition) is 0. The van der Waals surface area contributed by atoms with Crippen LogP contribution in [0.25, 0.3) is 0 Å². The van der Waals surface area contributed by atoms with Crippen LogP contribution in [-0.4, -0.2) is 107 Å². The van der Waals surface area contributed by atoms with Gasteiger partial charge in [-0.2, -0.15) is 138 Å². The summed E-state index contributed by atoms with van der Waals surface area (Å²) in [7, 11) is 0. The van der Waals surface area contributed by atoms with E-state index in [4.69, 9.17) is 0 Å². The van der Waals surface area contributed by atoms with Crippen LogP contribution in [0.1, 0.15) is 12.8 Å². The molecule has 0 amide bonds. The van der Waals surface area contributed by atoms with Gasteiger partial charge in [-0.05, 0) is 11.5 Å². The number of carbonyl (C=O) groups excluding carboxylic acids is 1. The summed E-state index contributed by atoms with van der Waals surface area (Å²) < 4.78 is 348. The first-order valence-electron chi connectivity index (χ1n) is 12.4. The van der Waals surface area contributed by atoms with Crippen LogP contribution in [0.3, 0.4) is 0 Å². The van der Waals surface area contributed by atoms with Gasteiger partial charge in [-0.15, -0.1) is 0 Å². The van der Waals surface area contributed by atoms with Crippen LogP contribution in [-0.2, 0) is 9.53 Å². The molecule has 0 saturated carbocycles. The highest BCUT2D eigenvalue weighted by Crippen LogP contribution is 2.62. The van der Waals surface area contributed by atoms with Gasteiger partial charge >= 0.3 is 77.5 Å². The van der Waals surface area contributed by atoms with E-state index in [1.54, 1.807) is 0 Å². The zero-order chi connectivity index (χ0) is 42.2. The van der Waals surface area contributed by atoms with Crippen LogP contribution in [0.5, 0.6) is 0 Å². The molecule has 0 saturated heterocycles. The number of thioether (sulfide) groups is 2. The Morgan fingerprint density at radius 3 is 1.12 bits per heavy atom. The number of hydrogen-bond acceptors (Lipinski definition) is 4. The van der Waals surface area contributed by atoms with E-state index in [0.717, 1.165) is 0 Å². The molecule has 30 heteroatoms. The highest BCUT2D eigenvalue weighted by molar-refractivity contribution is 8.03. The minimum absolute atomic E-state index is 0.289. The monoisotopic (exact) mass is 870 g/mol. The van der Waals surface area contributed by atoms with E-state index in [2.05, 4.69) is 11.3 Å². The number of rotatable bonds is 20. The van der Waals surface area contributed by atoms with Crippen molar-refractivity contribution in [2.24, 2.45) is 0 Å². The molecule has 0 aromatic rings. The Morgan fingerprint density at radius 1 is 0.500 bits per heavy atom. The van der Waals surface area contributed by atoms with Crippen LogP contribution >= 0.6 is 23.5 Å². The number of ether oxygens (including phenoxy) is 1. The van der Waals surface area contributed by atoms with E-state index in [0.29, 0.717) is 6.08 Å². The van der Waals surface area contributed by atoms with Gasteiger partial charge in [-0.1, -0.05) is 6.58 Å². The molecule has 0 N–H and O–H groups in total. The van der Waals surface area contributed by atoms with Gasteiger partial charge in [0.05, 0.1) is 0 Å². The Labute approximate surface area is 280 Å². The van der Waals surface area contributed by atoms with Crippen LogP contribution < -0.4 is 0 Å². The van der Waals surface area contributed by atoms with Crippen molar-refractivity contribution in [1.29, 1.82) is 0 Å². The molecule has 0 aliphatic rings. The fourth-order valence-corrected chi connectivity index (χ4v) is 5.54. The predicted octanol–water partition coefficient (Wildman–Crippen LogP) is 10.8. The molecule has 0 bridgehead atoms. The van der Waals surface area contributed by atoms with Crippen molar-refractivity contribution in [2.45, 2.75) is 89.7 Å². The Bertz CT molecular complexity index is 1220. The lowest BCUT2D eigenvalue weighted by Gasteiger charge is -2.39. The summed E-state index contributed by atoms with van der Waals surface area (Å²) in [6.45, 7) is 1.59. The zero-order valence-electron chi connectivity index (χ0n) is 24.1. The summed E-state index contributed by atoms with van der Waals surface area (Å²) in [6.07, 6.45) is -20.7. The largest absolute Gasteiger partial charge is 0.461 e. The van der Waals surface area contributed by atoms with Gasteiger partial charge < -0.3 is 4.74 Å². The van der Waals surface area contributed by atoms with Gasteiger partial charge in [0, 0.05) is 29.9 Å². The molecule has 2 nitrogen and oxygen atoms in total. The zero-order valence-corrected chi connectivity index (χ0v) is 25.7. The van der Waals surface area contributed by atoms with Crippen LogP contribution in [0.2, 0.25) is 0 Å². The highest BCUT2D eigenvalue weighted by atomic mass is 32.2. The lowest BCUT2D eigenvalue weighted by atomic mass is 9.93. The maximum Gasteiger partial charge on any atom is 0.460 e. The lowest BCUT2D eigenvalue weighted by molar-refractivity contribution is -0.439. The summed E-state index contributed by atoms with van der Waals surface area (Å²) >= 11 is -0.619. The standard InChI is InChI=1S/C22H16F26O2S2/c1-2-10(49)50-7-9(52-6-4-12(25,26)14(29,30)16(33,34)18(37,38)20(41,42)22(46,47)48)8-51-5-3-11(23,24)13(27,28)15(31,32)17(35,36)19(39,40)21(43,44)45/h2,9H,1,3-8H2. The van der Waals surface area contributed by atoms with Crippen molar-refractivity contribution >= 4 is 29.5 Å². The number of esters is 1. The molecule has 0 rings (SSSR count). The molecule has 1 atom stereocenters. The lowest BCUT2D eigenvalue weighted by Crippen LogP contribution is -2.70. The number of halogens is 26. The molecule has 0 aromatic heterocycles. The summed E-state index contributed by atoms with van der Waals surface area (Å²) in [5, 5.41) is -1.86. The van der Waals surface area contributed by atoms with Crippen LogP contribution in [0, 0.1) is 0 Å². The summed E-state index contributed by atoms with van der Waals surface area (Å²) in [5.74, 6) is -83.5. The highest BCUT2D eigenvalue weighted by Gasteiger charge is 2.92. The molecule has 1 unspecified atom stereocenters. The van der Waals surface area contributed by atoms with Gasteiger partial charge in [0.15, 0.2) is 0 Å². The molecule has 0 radical (unpaired) electrons. The van der Waals surface area contributed by atoms with Gasteiger partial charge in [0.1, 0.15) is 6.61 Å². The summed E-state index contributed by atoms with van der Waals surface area (Å²) in [5.41, 5.74) is 0. The second kappa shape index (κ2) is 15.3. The van der Waals surface area contributed by atoms with Crippen molar-refractivity contribution in [2.75, 3.05) is 23.9 Å². The van der Waals surface area contributed by atoms with Gasteiger partial charge in [0.2, 0.25) is 0 Å². The SMILES string of the molecule is C=CC(=O)OCC(CSCCC(F)(F)C(F)(F)C(F)(F)C(F)(F)C(F)(F)C(F)(F)F)SCCC(F)(F)C(F)(F)C(F)(F)C(F)(F)C(F)(F)C(F)(F)F. The Hall–Kier alpha value is -1.91. The molecule has 52 heavy (non-hydrogen) atoms. The van der Waals surface area contributed by atoms with E-state index in [-0.39, 0.29) is 23.5 Å². The van der Waals surface area contributed by atoms with Crippen molar-refractivity contribution in [1.82, 2.24) is 0 Å². The van der Waals surface area contributed by atoms with Gasteiger partial charge in [-0.3, -0.25) is 0 Å². The molecule has 310 valence electrons. The first-order valence-corrected chi connectivity index (χ1v) is 14.6. The number of carbonyl (C=O) groups is 1. The van der Waals surface area contributed by atoms with E-state index in [9.17, 15) is 119 Å². The second-order valence-electron chi connectivity index (χ2n) is 9.90. The average molecular weight is 870 g/mol. The quantitative estimate of drug-likeness (QED) is 0.0527. The number of alkyl halides is 26. The van der Waals surface area contributed by atoms with E-state index < -0.39 is 120 Å². The van der Waals surface area contributed by atoms with Crippen molar-refractivity contribution < 1.29 is 124 Å². The third-order valence-electron chi connectivity index (χ3n) is 6.21. The normalized spacial score (nSPS) is 16.2. The Kier molecular flexibility index (Phi) is 14.8. The van der Waals surface area contributed by atoms with Gasteiger partial charge in [0.25, 0.3) is 0 Å². The Balaban J connectivity index is 5.98. The molecule has 0 heterocycles. The summed E-state index contributed by atoms with van der Waals surface area (Å²) in [6, 6.07) is 0. The predicted molar refractivity (Wildman–Crippen MR) is 126 cm³/mol. The first kappa shape index (κ1) is 50.1. The van der Waals surface area contributed by atoms with Crippen molar-refractivity contribution in [3.05, 3.63) is 12.7 Å². The fourth-order valence-electron chi connectivity index (χ4n) is 3.07. The van der Waals surface area contributed by atoms with Crippen LogP contribution in [0.15, 0.2) is 12.7 Å². The van der Waals surface area contributed by atoms with E-state index >= 15 is 0 Å². The molecule has 0 fully saturated rings. The smallest absolute Gasteiger partial charge is 0.460 e. The summed E-state index contributed by atoms with van der Waals surface area (Å²) in [4.78, 5) is 11.2. The maximum absolute atomic E-state index is 14.0. The minimum atomic E-state index is -8.23. The molecule has 0 aliphatic carbocycles. The third-order valence-corrected chi connectivity index (χ3v) is 8.76. The molecule has 0 aliphatic heterocycles. The second-order valence-corrected chi connectivity index (χ2v) is 12.5. The van der Waals surface area contributed by atoms with Crippen LogP contribution in [0.4, 0.5) is 114 Å². The van der Waals surface area contributed by atoms with Crippen molar-refractivity contribution in [3.8, 4) is 0 Å². The molecular weight excluding hydrogens is 854 g/mol. The minimum Gasteiger partial charge on any atom is -0.461 e. The third kappa shape index (κ3) is 8.80. The molecular formula is C22H16F26O2S2. The Morgan fingerprint density at radius 2 is 0.808 bits per heavy atom. The van der Waals surface area contributed by atoms with E-state index in [1.165, 1.54) is 0 Å². The fraction of sp³-hybridized carbons (Fsp3) is 0.864. The maximum atomic E-state index is 14.0. The molecule has 0 aromatic carbocycles. The van der Waals surface area contributed by atoms with Gasteiger partial charge in [-0.25, -0.2) is 4.79 Å².